The van der Waals surface area contributed by atoms with Crippen LogP contribution in [0.5, 0.6) is 0 Å². The monoisotopic (exact) mass is 254 g/mol. The standard InChI is InChI=1S/C14H26N2O2/c1-14(2,3)18-13(17)16-9-8-15-12(10-16)11-6-4-5-7-11/h11-12,15H,4-10H2,1-3H3/t12-/m0/s1. The van der Waals surface area contributed by atoms with Crippen molar-refractivity contribution < 1.29 is 9.53 Å². The number of nitrogens with zero attached hydrogens (tertiary/aromatic N) is 1. The number of carbonyl (C=O) groups excluding carboxylic acids is 1. The highest BCUT2D eigenvalue weighted by Gasteiger charge is 2.32. The van der Waals surface area contributed by atoms with Crippen molar-refractivity contribution in [1.82, 2.24) is 10.2 Å². The molecule has 104 valence electrons. The van der Waals surface area contributed by atoms with Crippen LogP contribution in [-0.2, 0) is 4.74 Å². The van der Waals surface area contributed by atoms with Crippen LogP contribution in [0, 0.1) is 5.92 Å². The van der Waals surface area contributed by atoms with E-state index < -0.39 is 5.60 Å². The SMILES string of the molecule is CC(C)(C)OC(=O)N1CCN[C@H](C2CCCC2)C1. The highest BCUT2D eigenvalue weighted by molar-refractivity contribution is 5.68. The molecule has 1 N–H and O–H groups in total. The third-order valence-corrected chi connectivity index (χ3v) is 3.83. The van der Waals surface area contributed by atoms with Crippen LogP contribution in [0.3, 0.4) is 0 Å². The second kappa shape index (κ2) is 5.47. The average molecular weight is 254 g/mol. The normalized spacial score (nSPS) is 26.4. The van der Waals surface area contributed by atoms with E-state index in [4.69, 9.17) is 4.74 Å². The fourth-order valence-electron chi connectivity index (χ4n) is 2.95. The Morgan fingerprint density at radius 1 is 1.28 bits per heavy atom. The molecule has 1 saturated heterocycles. The van der Waals surface area contributed by atoms with E-state index in [1.165, 1.54) is 25.7 Å². The molecule has 0 aromatic rings. The number of carbonyl (C=O) groups is 1. The summed E-state index contributed by atoms with van der Waals surface area (Å²) in [7, 11) is 0. The second-order valence-corrected chi connectivity index (χ2v) is 6.53. The van der Waals surface area contributed by atoms with Crippen LogP contribution >= 0.6 is 0 Å². The van der Waals surface area contributed by atoms with E-state index in [1.807, 2.05) is 25.7 Å². The van der Waals surface area contributed by atoms with Gasteiger partial charge in [0.1, 0.15) is 5.60 Å². The van der Waals surface area contributed by atoms with Gasteiger partial charge in [0, 0.05) is 25.7 Å². The van der Waals surface area contributed by atoms with E-state index in [9.17, 15) is 4.79 Å². The first-order chi connectivity index (χ1) is 8.46. The maximum Gasteiger partial charge on any atom is 0.410 e. The molecule has 2 aliphatic rings. The van der Waals surface area contributed by atoms with Crippen LogP contribution in [0.2, 0.25) is 0 Å². The Balaban J connectivity index is 1.87. The topological polar surface area (TPSA) is 41.6 Å². The van der Waals surface area contributed by atoms with Gasteiger partial charge in [-0.15, -0.1) is 0 Å². The third-order valence-electron chi connectivity index (χ3n) is 3.83. The van der Waals surface area contributed by atoms with Crippen molar-refractivity contribution in [3.63, 3.8) is 0 Å². The Morgan fingerprint density at radius 2 is 1.94 bits per heavy atom. The van der Waals surface area contributed by atoms with Crippen molar-refractivity contribution in [2.45, 2.75) is 58.1 Å². The molecular weight excluding hydrogens is 228 g/mol. The lowest BCUT2D eigenvalue weighted by Gasteiger charge is -2.37. The van der Waals surface area contributed by atoms with Crippen molar-refractivity contribution in [3.05, 3.63) is 0 Å². The van der Waals surface area contributed by atoms with Crippen LogP contribution in [0.25, 0.3) is 0 Å². The zero-order valence-corrected chi connectivity index (χ0v) is 11.9. The van der Waals surface area contributed by atoms with Gasteiger partial charge in [0.2, 0.25) is 0 Å². The molecule has 1 aliphatic heterocycles. The molecule has 18 heavy (non-hydrogen) atoms. The minimum absolute atomic E-state index is 0.160. The molecule has 4 heteroatoms. The van der Waals surface area contributed by atoms with Crippen LogP contribution in [0.1, 0.15) is 46.5 Å². The Labute approximate surface area is 110 Å². The molecule has 0 radical (unpaired) electrons. The van der Waals surface area contributed by atoms with Gasteiger partial charge in [-0.25, -0.2) is 4.79 Å². The fourth-order valence-corrected chi connectivity index (χ4v) is 2.95. The van der Waals surface area contributed by atoms with E-state index in [0.717, 1.165) is 25.6 Å². The zero-order chi connectivity index (χ0) is 13.2. The molecule has 2 fully saturated rings. The summed E-state index contributed by atoms with van der Waals surface area (Å²) in [6.07, 6.45) is 5.14. The van der Waals surface area contributed by atoms with E-state index in [2.05, 4.69) is 5.32 Å². The van der Waals surface area contributed by atoms with Gasteiger partial charge in [0.05, 0.1) is 0 Å². The lowest BCUT2D eigenvalue weighted by Crippen LogP contribution is -2.55. The van der Waals surface area contributed by atoms with Gasteiger partial charge >= 0.3 is 6.09 Å². The Morgan fingerprint density at radius 3 is 2.56 bits per heavy atom. The van der Waals surface area contributed by atoms with Gasteiger partial charge < -0.3 is 15.0 Å². The molecule has 0 bridgehead atoms. The predicted octanol–water partition coefficient (Wildman–Crippen LogP) is 2.39. The van der Waals surface area contributed by atoms with Crippen LogP contribution in [0.4, 0.5) is 4.79 Å². The summed E-state index contributed by atoms with van der Waals surface area (Å²) in [5.41, 5.74) is -0.398. The van der Waals surface area contributed by atoms with Crippen molar-refractivity contribution in [2.24, 2.45) is 5.92 Å². The highest BCUT2D eigenvalue weighted by atomic mass is 16.6. The summed E-state index contributed by atoms with van der Waals surface area (Å²) in [4.78, 5) is 13.9. The quantitative estimate of drug-likeness (QED) is 0.781. The van der Waals surface area contributed by atoms with Gasteiger partial charge in [0.25, 0.3) is 0 Å². The number of amides is 1. The van der Waals surface area contributed by atoms with E-state index >= 15 is 0 Å². The first-order valence-electron chi connectivity index (χ1n) is 7.17. The number of piperazine rings is 1. The van der Waals surface area contributed by atoms with Crippen molar-refractivity contribution in [3.8, 4) is 0 Å². The predicted molar refractivity (Wildman–Crippen MR) is 71.6 cm³/mol. The number of ether oxygens (including phenoxy) is 1. The smallest absolute Gasteiger partial charge is 0.410 e. The lowest BCUT2D eigenvalue weighted by atomic mass is 9.96. The molecule has 1 saturated carbocycles. The molecule has 1 aliphatic carbocycles. The van der Waals surface area contributed by atoms with Gasteiger partial charge in [-0.1, -0.05) is 12.8 Å². The van der Waals surface area contributed by atoms with Gasteiger partial charge in [-0.3, -0.25) is 0 Å². The first kappa shape index (κ1) is 13.7. The second-order valence-electron chi connectivity index (χ2n) is 6.53. The first-order valence-corrected chi connectivity index (χ1v) is 7.17. The maximum atomic E-state index is 12.1. The number of hydrogen-bond acceptors (Lipinski definition) is 3. The van der Waals surface area contributed by atoms with Gasteiger partial charge in [-0.2, -0.15) is 0 Å². The summed E-state index contributed by atoms with van der Waals surface area (Å²) in [6, 6.07) is 0.466. The van der Waals surface area contributed by atoms with E-state index in [1.54, 1.807) is 0 Å². The molecular formula is C14H26N2O2. The van der Waals surface area contributed by atoms with Crippen molar-refractivity contribution in [2.75, 3.05) is 19.6 Å². The summed E-state index contributed by atoms with van der Waals surface area (Å²) in [5, 5.41) is 3.56. The largest absolute Gasteiger partial charge is 0.444 e. The molecule has 4 nitrogen and oxygen atoms in total. The number of nitrogens with one attached hydrogen (secondary N) is 1. The Bertz CT molecular complexity index is 293. The molecule has 1 heterocycles. The molecule has 1 atom stereocenters. The third kappa shape index (κ3) is 3.61. The van der Waals surface area contributed by atoms with Crippen LogP contribution < -0.4 is 5.32 Å². The fraction of sp³-hybridized carbons (Fsp3) is 0.929. The number of hydrogen-bond donors (Lipinski definition) is 1. The summed E-state index contributed by atoms with van der Waals surface area (Å²) >= 11 is 0. The van der Waals surface area contributed by atoms with Gasteiger partial charge in [0.15, 0.2) is 0 Å². The van der Waals surface area contributed by atoms with E-state index in [-0.39, 0.29) is 6.09 Å². The molecule has 2 rings (SSSR count). The maximum absolute atomic E-state index is 12.1. The van der Waals surface area contributed by atoms with Crippen LogP contribution in [0.15, 0.2) is 0 Å². The van der Waals surface area contributed by atoms with Crippen LogP contribution in [-0.4, -0.2) is 42.3 Å². The molecule has 0 unspecified atom stereocenters. The van der Waals surface area contributed by atoms with Crippen molar-refractivity contribution in [1.29, 1.82) is 0 Å². The molecule has 0 aromatic heterocycles. The molecule has 0 aromatic carbocycles. The van der Waals surface area contributed by atoms with Gasteiger partial charge in [-0.05, 0) is 39.5 Å². The van der Waals surface area contributed by atoms with Crippen molar-refractivity contribution >= 4 is 6.09 Å². The zero-order valence-electron chi connectivity index (χ0n) is 11.9. The Kier molecular flexibility index (Phi) is 4.15. The summed E-state index contributed by atoms with van der Waals surface area (Å²) in [6.45, 7) is 8.21. The summed E-state index contributed by atoms with van der Waals surface area (Å²) in [5.74, 6) is 0.746. The lowest BCUT2D eigenvalue weighted by molar-refractivity contribution is 0.0173. The average Bonchev–Trinajstić information content (AvgIpc) is 2.80. The number of rotatable bonds is 1. The van der Waals surface area contributed by atoms with E-state index in [0.29, 0.717) is 6.04 Å². The summed E-state index contributed by atoms with van der Waals surface area (Å²) < 4.78 is 5.45. The molecule has 1 amide bonds. The highest BCUT2D eigenvalue weighted by Crippen LogP contribution is 2.29. The minimum Gasteiger partial charge on any atom is -0.444 e. The molecule has 0 spiro atoms. The minimum atomic E-state index is -0.398. The Hall–Kier alpha value is -0.770.